The molecule has 0 aliphatic rings. The smallest absolute Gasteiger partial charge is 0.300 e. The zero-order valence-corrected chi connectivity index (χ0v) is 6.64. The monoisotopic (exact) mass is 164 g/mol. The second-order valence-electron chi connectivity index (χ2n) is 1.47. The van der Waals surface area contributed by atoms with Crippen LogP contribution in [0, 0.1) is 6.92 Å². The maximum Gasteiger partial charge on any atom is 0.300 e. The molecule has 0 aromatic carbocycles. The van der Waals surface area contributed by atoms with Crippen LogP contribution in [0.2, 0.25) is 0 Å². The Bertz CT molecular complexity index is 200. The second kappa shape index (κ2) is 4.76. The van der Waals surface area contributed by atoms with Gasteiger partial charge in [-0.15, -0.1) is 0 Å². The van der Waals surface area contributed by atoms with Crippen molar-refractivity contribution in [2.45, 2.75) is 27.2 Å². The molecule has 1 rings (SSSR count). The SMILES string of the molecule is CC.Cc1nc(C(F)F)no1. The summed E-state index contributed by atoms with van der Waals surface area (Å²) in [5.74, 6) is -0.391. The van der Waals surface area contributed by atoms with Crippen molar-refractivity contribution in [3.05, 3.63) is 11.7 Å². The number of hydrogen-bond donors (Lipinski definition) is 0. The van der Waals surface area contributed by atoms with Crippen LogP contribution in [0.5, 0.6) is 0 Å². The predicted octanol–water partition coefficient (Wildman–Crippen LogP) is 2.34. The van der Waals surface area contributed by atoms with Crippen molar-refractivity contribution >= 4 is 0 Å². The number of aromatic nitrogens is 2. The van der Waals surface area contributed by atoms with Crippen molar-refractivity contribution in [1.82, 2.24) is 10.1 Å². The minimum Gasteiger partial charge on any atom is -0.339 e. The Morgan fingerprint density at radius 2 is 1.91 bits per heavy atom. The third-order valence-corrected chi connectivity index (χ3v) is 0.738. The van der Waals surface area contributed by atoms with Gasteiger partial charge in [-0.3, -0.25) is 0 Å². The Morgan fingerprint density at radius 3 is 2.09 bits per heavy atom. The van der Waals surface area contributed by atoms with Crippen LogP contribution in [-0.4, -0.2) is 10.1 Å². The van der Waals surface area contributed by atoms with Crippen molar-refractivity contribution in [3.8, 4) is 0 Å². The summed E-state index contributed by atoms with van der Waals surface area (Å²) >= 11 is 0. The number of halogens is 2. The largest absolute Gasteiger partial charge is 0.339 e. The normalized spacial score (nSPS) is 9.27. The fraction of sp³-hybridized carbons (Fsp3) is 0.667. The van der Waals surface area contributed by atoms with Crippen LogP contribution < -0.4 is 0 Å². The van der Waals surface area contributed by atoms with Crippen LogP contribution in [0.15, 0.2) is 4.52 Å². The molecule has 64 valence electrons. The highest BCUT2D eigenvalue weighted by Crippen LogP contribution is 2.13. The average Bonchev–Trinajstić information content (AvgIpc) is 2.40. The number of nitrogens with zero attached hydrogens (tertiary/aromatic N) is 2. The van der Waals surface area contributed by atoms with Crippen molar-refractivity contribution in [1.29, 1.82) is 0 Å². The third kappa shape index (κ3) is 3.06. The summed E-state index contributed by atoms with van der Waals surface area (Å²) in [5, 5.41) is 2.98. The highest BCUT2D eigenvalue weighted by atomic mass is 19.3. The minimum absolute atomic E-state index is 0.158. The summed E-state index contributed by atoms with van der Waals surface area (Å²) in [6, 6.07) is 0. The first kappa shape index (κ1) is 10.0. The van der Waals surface area contributed by atoms with Gasteiger partial charge in [-0.05, 0) is 0 Å². The zero-order chi connectivity index (χ0) is 8.85. The van der Waals surface area contributed by atoms with E-state index in [9.17, 15) is 8.78 Å². The summed E-state index contributed by atoms with van der Waals surface area (Å²) in [6.45, 7) is 5.46. The molecule has 0 atom stereocenters. The molecule has 5 heteroatoms. The molecule has 1 aromatic rings. The Kier molecular flexibility index (Phi) is 4.33. The highest BCUT2D eigenvalue weighted by molar-refractivity contribution is 4.84. The molecule has 0 saturated carbocycles. The van der Waals surface area contributed by atoms with E-state index in [0.29, 0.717) is 0 Å². The van der Waals surface area contributed by atoms with Crippen molar-refractivity contribution in [2.75, 3.05) is 0 Å². The lowest BCUT2D eigenvalue weighted by Gasteiger charge is -1.82. The standard InChI is InChI=1S/C4H4F2N2O.C2H6/c1-2-7-4(3(5)6)8-9-2;1-2/h3H,1H3;1-2H3. The molecule has 0 aliphatic heterocycles. The van der Waals surface area contributed by atoms with Crippen LogP contribution in [-0.2, 0) is 0 Å². The molecule has 0 bridgehead atoms. The lowest BCUT2D eigenvalue weighted by atomic mass is 10.6. The minimum atomic E-state index is -2.64. The van der Waals surface area contributed by atoms with E-state index in [0.717, 1.165) is 0 Å². The molecule has 0 aliphatic carbocycles. The van der Waals surface area contributed by atoms with Crippen molar-refractivity contribution in [2.24, 2.45) is 0 Å². The van der Waals surface area contributed by atoms with Crippen molar-refractivity contribution < 1.29 is 13.3 Å². The van der Waals surface area contributed by atoms with Gasteiger partial charge in [0, 0.05) is 6.92 Å². The lowest BCUT2D eigenvalue weighted by Crippen LogP contribution is -1.85. The summed E-state index contributed by atoms with van der Waals surface area (Å²) in [6.07, 6.45) is -2.64. The Labute approximate surface area is 63.4 Å². The van der Waals surface area contributed by atoms with E-state index in [-0.39, 0.29) is 5.89 Å². The highest BCUT2D eigenvalue weighted by Gasteiger charge is 2.12. The summed E-state index contributed by atoms with van der Waals surface area (Å²) in [4.78, 5) is 3.28. The fourth-order valence-corrected chi connectivity index (χ4v) is 0.404. The van der Waals surface area contributed by atoms with Crippen molar-refractivity contribution in [3.63, 3.8) is 0 Å². The molecule has 3 nitrogen and oxygen atoms in total. The van der Waals surface area contributed by atoms with E-state index in [1.807, 2.05) is 13.8 Å². The van der Waals surface area contributed by atoms with E-state index < -0.39 is 12.2 Å². The number of rotatable bonds is 1. The molecule has 0 fully saturated rings. The van der Waals surface area contributed by atoms with Gasteiger partial charge in [0.05, 0.1) is 0 Å². The molecular formula is C6H10F2N2O. The van der Waals surface area contributed by atoms with Gasteiger partial charge in [0.1, 0.15) is 0 Å². The maximum absolute atomic E-state index is 11.6. The Balaban J connectivity index is 0.000000461. The van der Waals surface area contributed by atoms with Crippen LogP contribution >= 0.6 is 0 Å². The summed E-state index contributed by atoms with van der Waals surface area (Å²) in [7, 11) is 0. The predicted molar refractivity (Wildman–Crippen MR) is 35.3 cm³/mol. The first-order valence-corrected chi connectivity index (χ1v) is 3.28. The summed E-state index contributed by atoms with van der Waals surface area (Å²) < 4.78 is 27.5. The molecule has 0 amide bonds. The van der Waals surface area contributed by atoms with Gasteiger partial charge < -0.3 is 4.52 Å². The number of aryl methyl sites for hydroxylation is 1. The van der Waals surface area contributed by atoms with Crippen LogP contribution in [0.3, 0.4) is 0 Å². The lowest BCUT2D eigenvalue weighted by molar-refractivity contribution is 0.136. The van der Waals surface area contributed by atoms with Gasteiger partial charge in [-0.1, -0.05) is 19.0 Å². The van der Waals surface area contributed by atoms with E-state index in [1.165, 1.54) is 6.92 Å². The number of hydrogen-bond acceptors (Lipinski definition) is 3. The average molecular weight is 164 g/mol. The van der Waals surface area contributed by atoms with Crippen LogP contribution in [0.4, 0.5) is 8.78 Å². The summed E-state index contributed by atoms with van der Waals surface area (Å²) in [5.41, 5.74) is 0. The van der Waals surface area contributed by atoms with Gasteiger partial charge in [-0.25, -0.2) is 8.78 Å². The number of alkyl halides is 2. The van der Waals surface area contributed by atoms with Crippen LogP contribution in [0.1, 0.15) is 32.0 Å². The maximum atomic E-state index is 11.6. The molecule has 0 N–H and O–H groups in total. The van der Waals surface area contributed by atoms with Gasteiger partial charge >= 0.3 is 6.43 Å². The van der Waals surface area contributed by atoms with Gasteiger partial charge in [0.25, 0.3) is 0 Å². The molecule has 11 heavy (non-hydrogen) atoms. The van der Waals surface area contributed by atoms with E-state index >= 15 is 0 Å². The Morgan fingerprint density at radius 1 is 1.36 bits per heavy atom. The van der Waals surface area contributed by atoms with E-state index in [2.05, 4.69) is 14.7 Å². The first-order valence-electron chi connectivity index (χ1n) is 3.28. The third-order valence-electron chi connectivity index (χ3n) is 0.738. The molecule has 0 radical (unpaired) electrons. The van der Waals surface area contributed by atoms with E-state index in [4.69, 9.17) is 0 Å². The van der Waals surface area contributed by atoms with E-state index in [1.54, 1.807) is 0 Å². The van der Waals surface area contributed by atoms with Crippen LogP contribution in [0.25, 0.3) is 0 Å². The fourth-order valence-electron chi connectivity index (χ4n) is 0.404. The topological polar surface area (TPSA) is 38.9 Å². The van der Waals surface area contributed by atoms with Gasteiger partial charge in [-0.2, -0.15) is 4.98 Å². The second-order valence-corrected chi connectivity index (χ2v) is 1.47. The molecule has 0 spiro atoms. The zero-order valence-electron chi connectivity index (χ0n) is 6.64. The quantitative estimate of drug-likeness (QED) is 0.639. The van der Waals surface area contributed by atoms with Gasteiger partial charge in [0.15, 0.2) is 0 Å². The molecule has 1 heterocycles. The molecular weight excluding hydrogens is 154 g/mol. The molecule has 0 unspecified atom stereocenters. The molecule has 1 aromatic heterocycles. The first-order chi connectivity index (χ1) is 5.20. The Hall–Kier alpha value is -1.00. The molecule has 0 saturated heterocycles. The van der Waals surface area contributed by atoms with Gasteiger partial charge in [0.2, 0.25) is 11.7 Å².